The van der Waals surface area contributed by atoms with Crippen LogP contribution in [0.2, 0.25) is 0 Å². The number of aromatic nitrogens is 2. The third-order valence-electron chi connectivity index (χ3n) is 4.02. The van der Waals surface area contributed by atoms with Crippen LogP contribution in [0.1, 0.15) is 17.1 Å². The van der Waals surface area contributed by atoms with E-state index < -0.39 is 11.5 Å². The quantitative estimate of drug-likeness (QED) is 0.716. The molecule has 0 aliphatic rings. The highest BCUT2D eigenvalue weighted by atomic mass is 19.1. The van der Waals surface area contributed by atoms with Crippen LogP contribution in [0.25, 0.3) is 11.3 Å². The second kappa shape index (κ2) is 7.45. The molecule has 0 spiro atoms. The molecule has 3 aromatic rings. The number of carbonyl (C=O) groups excluding carboxylic acids is 1. The van der Waals surface area contributed by atoms with Gasteiger partial charge < -0.3 is 15.5 Å². The molecular weight excluding hydrogens is 351 g/mol. The number of aryl methyl sites for hydroxylation is 2. The number of carbonyl (C=O) groups is 1. The predicted molar refractivity (Wildman–Crippen MR) is 98.3 cm³/mol. The van der Waals surface area contributed by atoms with E-state index in [1.807, 2.05) is 0 Å². The summed E-state index contributed by atoms with van der Waals surface area (Å²) in [6, 6.07) is 9.03. The van der Waals surface area contributed by atoms with Crippen molar-refractivity contribution in [1.29, 1.82) is 0 Å². The number of nitrogens with zero attached hydrogens (tertiary/aromatic N) is 2. The standard InChI is InChI=1S/C19H19FN4O3/c1-11-7-15(12(2)27-11)17-8-16(21)19(26)24(23-17)10-18(25)22-9-13-3-5-14(20)6-4-13/h3-8H,9-10,21H2,1-2H3,(H,22,25). The van der Waals surface area contributed by atoms with Crippen LogP contribution in [0, 0.1) is 19.7 Å². The van der Waals surface area contributed by atoms with Crippen LogP contribution in [0.3, 0.4) is 0 Å². The number of anilines is 1. The first-order valence-corrected chi connectivity index (χ1v) is 8.29. The zero-order chi connectivity index (χ0) is 19.6. The third kappa shape index (κ3) is 4.22. The molecule has 0 atom stereocenters. The molecule has 2 heterocycles. The lowest BCUT2D eigenvalue weighted by Crippen LogP contribution is -2.34. The number of furan rings is 1. The Balaban J connectivity index is 1.77. The number of rotatable bonds is 5. The molecule has 1 amide bonds. The predicted octanol–water partition coefficient (Wildman–Crippen LogP) is 2.16. The molecule has 0 radical (unpaired) electrons. The fourth-order valence-corrected chi connectivity index (χ4v) is 2.68. The van der Waals surface area contributed by atoms with E-state index in [1.54, 1.807) is 32.0 Å². The molecule has 7 nitrogen and oxygen atoms in total. The summed E-state index contributed by atoms with van der Waals surface area (Å²) >= 11 is 0. The minimum atomic E-state index is -0.548. The van der Waals surface area contributed by atoms with Gasteiger partial charge in [-0.15, -0.1) is 0 Å². The molecular formula is C19H19FN4O3. The fraction of sp³-hybridized carbons (Fsp3) is 0.211. The van der Waals surface area contributed by atoms with Gasteiger partial charge in [0.2, 0.25) is 5.91 Å². The van der Waals surface area contributed by atoms with Crippen molar-refractivity contribution in [2.45, 2.75) is 26.9 Å². The summed E-state index contributed by atoms with van der Waals surface area (Å²) in [6.45, 7) is 3.51. The Labute approximate surface area is 154 Å². The average Bonchev–Trinajstić information content (AvgIpc) is 2.96. The minimum absolute atomic E-state index is 0.00964. The van der Waals surface area contributed by atoms with Gasteiger partial charge in [-0.25, -0.2) is 9.07 Å². The van der Waals surface area contributed by atoms with Crippen molar-refractivity contribution in [3.63, 3.8) is 0 Å². The molecule has 0 saturated carbocycles. The van der Waals surface area contributed by atoms with Crippen molar-refractivity contribution >= 4 is 11.6 Å². The highest BCUT2D eigenvalue weighted by Crippen LogP contribution is 2.25. The van der Waals surface area contributed by atoms with Crippen LogP contribution in [-0.4, -0.2) is 15.7 Å². The van der Waals surface area contributed by atoms with Gasteiger partial charge in [-0.05, 0) is 43.7 Å². The fourth-order valence-electron chi connectivity index (χ4n) is 2.68. The van der Waals surface area contributed by atoms with Crippen LogP contribution in [-0.2, 0) is 17.9 Å². The van der Waals surface area contributed by atoms with Gasteiger partial charge in [0, 0.05) is 12.1 Å². The number of nitrogens with two attached hydrogens (primary N) is 1. The maximum absolute atomic E-state index is 12.9. The van der Waals surface area contributed by atoms with Crippen LogP contribution in [0.5, 0.6) is 0 Å². The number of benzene rings is 1. The van der Waals surface area contributed by atoms with Crippen molar-refractivity contribution in [3.05, 3.63) is 69.7 Å². The number of hydrogen-bond donors (Lipinski definition) is 2. The number of amides is 1. The zero-order valence-electron chi connectivity index (χ0n) is 15.0. The van der Waals surface area contributed by atoms with E-state index in [0.717, 1.165) is 10.2 Å². The van der Waals surface area contributed by atoms with Crippen molar-refractivity contribution in [2.75, 3.05) is 5.73 Å². The summed E-state index contributed by atoms with van der Waals surface area (Å²) in [5.74, 6) is 0.589. The maximum atomic E-state index is 12.9. The largest absolute Gasteiger partial charge is 0.466 e. The average molecular weight is 370 g/mol. The van der Waals surface area contributed by atoms with Gasteiger partial charge in [0.15, 0.2) is 0 Å². The summed E-state index contributed by atoms with van der Waals surface area (Å²) in [5, 5.41) is 6.91. The summed E-state index contributed by atoms with van der Waals surface area (Å²) in [6.07, 6.45) is 0. The van der Waals surface area contributed by atoms with Crippen LogP contribution < -0.4 is 16.6 Å². The third-order valence-corrected chi connectivity index (χ3v) is 4.02. The smallest absolute Gasteiger partial charge is 0.290 e. The monoisotopic (exact) mass is 370 g/mol. The van der Waals surface area contributed by atoms with Crippen molar-refractivity contribution in [1.82, 2.24) is 15.1 Å². The van der Waals surface area contributed by atoms with E-state index >= 15 is 0 Å². The second-order valence-electron chi connectivity index (χ2n) is 6.18. The zero-order valence-corrected chi connectivity index (χ0v) is 15.0. The summed E-state index contributed by atoms with van der Waals surface area (Å²) in [7, 11) is 0. The molecule has 2 aromatic heterocycles. The van der Waals surface area contributed by atoms with Gasteiger partial charge in [0.05, 0.1) is 5.69 Å². The first-order valence-electron chi connectivity index (χ1n) is 8.29. The Morgan fingerprint density at radius 1 is 1.26 bits per heavy atom. The molecule has 0 aliphatic heterocycles. The van der Waals surface area contributed by atoms with E-state index in [1.165, 1.54) is 18.2 Å². The maximum Gasteiger partial charge on any atom is 0.290 e. The summed E-state index contributed by atoms with van der Waals surface area (Å²) in [4.78, 5) is 24.4. The Hall–Kier alpha value is -3.42. The second-order valence-corrected chi connectivity index (χ2v) is 6.18. The van der Waals surface area contributed by atoms with Crippen molar-refractivity contribution in [3.8, 4) is 11.3 Å². The SMILES string of the molecule is Cc1cc(-c2cc(N)c(=O)n(CC(=O)NCc3ccc(F)cc3)n2)c(C)o1. The molecule has 140 valence electrons. The normalized spacial score (nSPS) is 10.8. The van der Waals surface area contributed by atoms with Crippen LogP contribution in [0.4, 0.5) is 10.1 Å². The summed E-state index contributed by atoms with van der Waals surface area (Å²) < 4.78 is 19.4. The highest BCUT2D eigenvalue weighted by Gasteiger charge is 2.14. The molecule has 27 heavy (non-hydrogen) atoms. The van der Waals surface area contributed by atoms with E-state index in [2.05, 4.69) is 10.4 Å². The van der Waals surface area contributed by atoms with Crippen LogP contribution in [0.15, 0.2) is 45.6 Å². The van der Waals surface area contributed by atoms with Gasteiger partial charge in [-0.2, -0.15) is 5.10 Å². The van der Waals surface area contributed by atoms with Crippen LogP contribution >= 0.6 is 0 Å². The van der Waals surface area contributed by atoms with Gasteiger partial charge in [-0.3, -0.25) is 9.59 Å². The van der Waals surface area contributed by atoms with Gasteiger partial charge in [-0.1, -0.05) is 12.1 Å². The van der Waals surface area contributed by atoms with Gasteiger partial charge >= 0.3 is 0 Å². The molecule has 8 heteroatoms. The molecule has 0 unspecified atom stereocenters. The summed E-state index contributed by atoms with van der Waals surface area (Å²) in [5.41, 5.74) is 7.14. The van der Waals surface area contributed by atoms with E-state index in [4.69, 9.17) is 10.2 Å². The lowest BCUT2D eigenvalue weighted by atomic mass is 10.1. The van der Waals surface area contributed by atoms with Crippen molar-refractivity contribution in [2.24, 2.45) is 0 Å². The lowest BCUT2D eigenvalue weighted by molar-refractivity contribution is -0.122. The lowest BCUT2D eigenvalue weighted by Gasteiger charge is -2.09. The minimum Gasteiger partial charge on any atom is -0.466 e. The Kier molecular flexibility index (Phi) is 5.07. The molecule has 0 fully saturated rings. The molecule has 0 saturated heterocycles. The van der Waals surface area contributed by atoms with Gasteiger partial charge in [0.25, 0.3) is 5.56 Å². The molecule has 1 aromatic carbocycles. The van der Waals surface area contributed by atoms with E-state index in [9.17, 15) is 14.0 Å². The first kappa shape index (κ1) is 18.4. The number of nitrogens with one attached hydrogen (secondary N) is 1. The Morgan fingerprint density at radius 3 is 2.59 bits per heavy atom. The Bertz CT molecular complexity index is 1040. The number of nitrogen functional groups attached to an aromatic ring is 1. The molecule has 0 aliphatic carbocycles. The van der Waals surface area contributed by atoms with E-state index in [0.29, 0.717) is 22.8 Å². The Morgan fingerprint density at radius 2 is 1.96 bits per heavy atom. The van der Waals surface area contributed by atoms with Gasteiger partial charge in [0.1, 0.15) is 29.6 Å². The number of hydrogen-bond acceptors (Lipinski definition) is 5. The molecule has 3 rings (SSSR count). The highest BCUT2D eigenvalue weighted by molar-refractivity contribution is 5.75. The van der Waals surface area contributed by atoms with Crippen molar-refractivity contribution < 1.29 is 13.6 Å². The molecule has 3 N–H and O–H groups in total. The first-order chi connectivity index (χ1) is 12.8. The number of halogens is 1. The molecule has 0 bridgehead atoms. The topological polar surface area (TPSA) is 103 Å². The van der Waals surface area contributed by atoms with E-state index in [-0.39, 0.29) is 24.6 Å².